The number of hydrogen-bond acceptors (Lipinski definition) is 3. The van der Waals surface area contributed by atoms with Crippen molar-refractivity contribution in [1.82, 2.24) is 4.57 Å². The Morgan fingerprint density at radius 1 is 0.938 bits per heavy atom. The molecule has 0 bridgehead atoms. The van der Waals surface area contributed by atoms with Crippen LogP contribution in [0.25, 0.3) is 16.6 Å². The Morgan fingerprint density at radius 3 is 2.28 bits per heavy atom. The first kappa shape index (κ1) is 21.5. The van der Waals surface area contributed by atoms with Crippen molar-refractivity contribution >= 4 is 32.5 Å². The highest BCUT2D eigenvalue weighted by molar-refractivity contribution is 7.92. The molecule has 0 saturated carbocycles. The zero-order valence-electron chi connectivity index (χ0n) is 16.9. The summed E-state index contributed by atoms with van der Waals surface area (Å²) in [5, 5.41) is 0.595. The van der Waals surface area contributed by atoms with Gasteiger partial charge in [0.25, 0.3) is 11.8 Å². The zero-order valence-corrected chi connectivity index (χ0v) is 17.7. The Kier molecular flexibility index (Phi) is 5.21. The number of aromatic nitrogens is 1. The number of primary amides is 1. The number of hydrogen-bond donors (Lipinski definition) is 2. The molecule has 1 amide bonds. The number of anilines is 1. The fourth-order valence-electron chi connectivity index (χ4n) is 3.59. The molecule has 0 unspecified atom stereocenters. The van der Waals surface area contributed by atoms with Crippen LogP contribution in [-0.2, 0) is 15.9 Å². The molecule has 0 spiro atoms. The van der Waals surface area contributed by atoms with E-state index in [1.807, 2.05) is 0 Å². The maximum atomic E-state index is 15.2. The van der Waals surface area contributed by atoms with E-state index >= 15 is 8.78 Å². The Hall–Kier alpha value is -3.72. The van der Waals surface area contributed by atoms with Crippen LogP contribution in [0.4, 0.5) is 14.5 Å². The Balaban J connectivity index is 1.91. The molecular formula is C23H19F2N3O3S. The minimum absolute atomic E-state index is 0.0803. The van der Waals surface area contributed by atoms with Crippen molar-refractivity contribution in [3.8, 4) is 5.69 Å². The molecule has 6 nitrogen and oxygen atoms in total. The molecule has 0 aliphatic rings. The number of amides is 1. The third-order valence-corrected chi connectivity index (χ3v) is 5.57. The summed E-state index contributed by atoms with van der Waals surface area (Å²) in [6.45, 7) is 0. The number of carbonyl (C=O) groups is 1. The maximum absolute atomic E-state index is 15.2. The fourth-order valence-corrected chi connectivity index (χ4v) is 4.15. The number of alkyl halides is 2. The Labute approximate surface area is 183 Å². The second-order valence-electron chi connectivity index (χ2n) is 7.37. The molecule has 0 radical (unpaired) electrons. The zero-order chi connectivity index (χ0) is 23.1. The summed E-state index contributed by atoms with van der Waals surface area (Å²) >= 11 is 0. The Bertz CT molecular complexity index is 1430. The predicted octanol–water partition coefficient (Wildman–Crippen LogP) is 4.24. The molecule has 4 rings (SSSR count). The van der Waals surface area contributed by atoms with E-state index in [1.54, 1.807) is 24.3 Å². The van der Waals surface area contributed by atoms with Gasteiger partial charge in [0, 0.05) is 22.2 Å². The number of fused-ring (bicyclic) bond motifs is 1. The van der Waals surface area contributed by atoms with Gasteiger partial charge in [0.15, 0.2) is 0 Å². The highest BCUT2D eigenvalue weighted by Crippen LogP contribution is 2.37. The van der Waals surface area contributed by atoms with Crippen molar-refractivity contribution in [3.63, 3.8) is 0 Å². The number of rotatable bonds is 6. The average molecular weight is 455 g/mol. The second kappa shape index (κ2) is 7.76. The highest BCUT2D eigenvalue weighted by atomic mass is 32.2. The van der Waals surface area contributed by atoms with E-state index in [0.717, 1.165) is 6.26 Å². The van der Waals surface area contributed by atoms with E-state index in [2.05, 4.69) is 4.72 Å². The second-order valence-corrected chi connectivity index (χ2v) is 9.12. The van der Waals surface area contributed by atoms with E-state index in [4.69, 9.17) is 5.73 Å². The number of halogens is 2. The first-order valence-corrected chi connectivity index (χ1v) is 11.4. The van der Waals surface area contributed by atoms with Gasteiger partial charge in [0.2, 0.25) is 10.0 Å². The molecule has 0 aliphatic carbocycles. The molecule has 164 valence electrons. The number of carbonyl (C=O) groups excluding carboxylic acids is 1. The molecule has 32 heavy (non-hydrogen) atoms. The van der Waals surface area contributed by atoms with E-state index in [0.29, 0.717) is 16.6 Å². The van der Waals surface area contributed by atoms with Gasteiger partial charge in [-0.2, -0.15) is 8.78 Å². The summed E-state index contributed by atoms with van der Waals surface area (Å²) < 4.78 is 57.4. The van der Waals surface area contributed by atoms with Gasteiger partial charge in [-0.15, -0.1) is 0 Å². The monoisotopic (exact) mass is 455 g/mol. The van der Waals surface area contributed by atoms with Crippen LogP contribution in [0.3, 0.4) is 0 Å². The van der Waals surface area contributed by atoms with Crippen molar-refractivity contribution in [2.45, 2.75) is 5.92 Å². The third-order valence-electron chi connectivity index (χ3n) is 4.96. The van der Waals surface area contributed by atoms with E-state index in [1.165, 1.54) is 59.2 Å². The average Bonchev–Trinajstić information content (AvgIpc) is 3.12. The molecule has 3 N–H and O–H groups in total. The van der Waals surface area contributed by atoms with Crippen LogP contribution in [0.5, 0.6) is 0 Å². The summed E-state index contributed by atoms with van der Waals surface area (Å²) in [5.74, 6) is -4.02. The molecule has 0 aliphatic heterocycles. The van der Waals surface area contributed by atoms with Gasteiger partial charge in [-0.1, -0.05) is 48.5 Å². The number of benzene rings is 3. The summed E-state index contributed by atoms with van der Waals surface area (Å²) in [7, 11) is -3.54. The van der Waals surface area contributed by atoms with Crippen molar-refractivity contribution in [1.29, 1.82) is 0 Å². The predicted molar refractivity (Wildman–Crippen MR) is 120 cm³/mol. The molecule has 9 heteroatoms. The van der Waals surface area contributed by atoms with Gasteiger partial charge in [-0.3, -0.25) is 9.52 Å². The summed E-state index contributed by atoms with van der Waals surface area (Å²) in [6.07, 6.45) is 1.01. The summed E-state index contributed by atoms with van der Waals surface area (Å²) in [5.41, 5.74) is 6.20. The van der Waals surface area contributed by atoms with Crippen LogP contribution in [-0.4, -0.2) is 25.1 Å². The van der Waals surface area contributed by atoms with E-state index < -0.39 is 21.9 Å². The van der Waals surface area contributed by atoms with Crippen LogP contribution in [0, 0.1) is 0 Å². The van der Waals surface area contributed by atoms with Gasteiger partial charge < -0.3 is 10.3 Å². The lowest BCUT2D eigenvalue weighted by Crippen LogP contribution is -2.18. The van der Waals surface area contributed by atoms with Crippen LogP contribution in [0.15, 0.2) is 78.9 Å². The van der Waals surface area contributed by atoms with Gasteiger partial charge >= 0.3 is 0 Å². The van der Waals surface area contributed by atoms with Crippen molar-refractivity contribution in [2.75, 3.05) is 11.0 Å². The van der Waals surface area contributed by atoms with Crippen molar-refractivity contribution in [3.05, 3.63) is 95.7 Å². The van der Waals surface area contributed by atoms with Crippen molar-refractivity contribution < 1.29 is 22.0 Å². The quantitative estimate of drug-likeness (QED) is 0.455. The summed E-state index contributed by atoms with van der Waals surface area (Å²) in [4.78, 5) is 12.1. The molecule has 4 aromatic rings. The standard InChI is InChI=1S/C23H19F2N3O3S/c1-32(30,31)27-18-11-10-15-12-21(22(26)29)28(20(15)14-18)19-9-5-8-17(13-19)23(24,25)16-6-3-2-4-7-16/h2-14,27H,1H3,(H2,26,29). The van der Waals surface area contributed by atoms with Crippen LogP contribution >= 0.6 is 0 Å². The third kappa shape index (κ3) is 4.06. The smallest absolute Gasteiger partial charge is 0.298 e. The van der Waals surface area contributed by atoms with Crippen LogP contribution in [0.1, 0.15) is 21.6 Å². The van der Waals surface area contributed by atoms with Gasteiger partial charge in [-0.25, -0.2) is 8.42 Å². The first-order chi connectivity index (χ1) is 15.1. The molecule has 0 fully saturated rings. The van der Waals surface area contributed by atoms with E-state index in [-0.39, 0.29) is 22.5 Å². The molecule has 1 heterocycles. The van der Waals surface area contributed by atoms with Crippen LogP contribution in [0.2, 0.25) is 0 Å². The molecule has 0 saturated heterocycles. The SMILES string of the molecule is CS(=O)(=O)Nc1ccc2cc(C(N)=O)n(-c3cccc(C(F)(F)c4ccccc4)c3)c2c1. The number of sulfonamides is 1. The normalized spacial score (nSPS) is 12.1. The number of nitrogens with zero attached hydrogens (tertiary/aromatic N) is 1. The highest BCUT2D eigenvalue weighted by Gasteiger charge is 2.34. The minimum atomic E-state index is -3.54. The lowest BCUT2D eigenvalue weighted by molar-refractivity contribution is 0.0428. The lowest BCUT2D eigenvalue weighted by Gasteiger charge is -2.19. The van der Waals surface area contributed by atoms with Gasteiger partial charge in [0.05, 0.1) is 17.5 Å². The summed E-state index contributed by atoms with van der Waals surface area (Å²) in [6, 6.07) is 19.3. The largest absolute Gasteiger partial charge is 0.364 e. The minimum Gasteiger partial charge on any atom is -0.364 e. The maximum Gasteiger partial charge on any atom is 0.298 e. The molecule has 3 aromatic carbocycles. The number of nitrogens with one attached hydrogen (secondary N) is 1. The van der Waals surface area contributed by atoms with E-state index in [9.17, 15) is 13.2 Å². The van der Waals surface area contributed by atoms with Crippen LogP contribution < -0.4 is 10.5 Å². The topological polar surface area (TPSA) is 94.2 Å². The molecule has 1 aromatic heterocycles. The molecule has 0 atom stereocenters. The first-order valence-electron chi connectivity index (χ1n) is 9.53. The van der Waals surface area contributed by atoms with Crippen molar-refractivity contribution in [2.24, 2.45) is 5.73 Å². The molecular weight excluding hydrogens is 436 g/mol. The fraction of sp³-hybridized carbons (Fsp3) is 0.0870. The Morgan fingerprint density at radius 2 is 1.62 bits per heavy atom. The van der Waals surface area contributed by atoms with Gasteiger partial charge in [0.1, 0.15) is 5.69 Å². The lowest BCUT2D eigenvalue weighted by atomic mass is 10.00. The number of nitrogens with two attached hydrogens (primary N) is 1. The van der Waals surface area contributed by atoms with Gasteiger partial charge in [-0.05, 0) is 30.3 Å².